The number of ether oxygens (including phenoxy) is 1. The molecule has 0 saturated heterocycles. The summed E-state index contributed by atoms with van der Waals surface area (Å²) in [6, 6.07) is 8.00. The molecule has 0 atom stereocenters. The minimum atomic E-state index is -0.0208. The van der Waals surface area contributed by atoms with Gasteiger partial charge in [0.1, 0.15) is 5.75 Å². The molecule has 0 bridgehead atoms. The number of fused-ring (bicyclic) bond motifs is 1. The summed E-state index contributed by atoms with van der Waals surface area (Å²) >= 11 is 0. The molecule has 1 aliphatic rings. The lowest BCUT2D eigenvalue weighted by Gasteiger charge is -2.30. The van der Waals surface area contributed by atoms with Gasteiger partial charge in [0, 0.05) is 37.2 Å². The van der Waals surface area contributed by atoms with E-state index in [2.05, 4.69) is 37.5 Å². The maximum Gasteiger partial charge on any atom is 0.223 e. The number of aryl methyl sites for hydroxylation is 1. The second-order valence-corrected chi connectivity index (χ2v) is 8.03. The van der Waals surface area contributed by atoms with Crippen LogP contribution in [0.1, 0.15) is 50.4 Å². The number of benzene rings is 1. The molecule has 0 fully saturated rings. The molecule has 3 rings (SSSR count). The predicted molar refractivity (Wildman–Crippen MR) is 102 cm³/mol. The summed E-state index contributed by atoms with van der Waals surface area (Å²) in [5, 5.41) is 4.54. The zero-order chi connectivity index (χ0) is 18.7. The van der Waals surface area contributed by atoms with Crippen LogP contribution in [-0.4, -0.2) is 33.7 Å². The molecule has 140 valence electrons. The molecule has 1 aromatic carbocycles. The summed E-state index contributed by atoms with van der Waals surface area (Å²) in [5.41, 5.74) is 3.64. The largest absolute Gasteiger partial charge is 0.494 e. The normalized spacial score (nSPS) is 14.2. The molecule has 0 spiro atoms. The maximum absolute atomic E-state index is 12.5. The predicted octanol–water partition coefficient (Wildman–Crippen LogP) is 3.69. The summed E-state index contributed by atoms with van der Waals surface area (Å²) in [5.74, 6) is 1.06. The van der Waals surface area contributed by atoms with E-state index < -0.39 is 0 Å². The number of hydrogen-bond acceptors (Lipinski definition) is 3. The van der Waals surface area contributed by atoms with Gasteiger partial charge in [0.25, 0.3) is 0 Å². The zero-order valence-electron chi connectivity index (χ0n) is 16.3. The van der Waals surface area contributed by atoms with Crippen molar-refractivity contribution >= 4 is 5.91 Å². The van der Waals surface area contributed by atoms with E-state index in [9.17, 15) is 4.79 Å². The lowest BCUT2D eigenvalue weighted by Crippen LogP contribution is -2.37. The minimum Gasteiger partial charge on any atom is -0.494 e. The molecule has 1 aromatic heterocycles. The van der Waals surface area contributed by atoms with Crippen LogP contribution < -0.4 is 4.74 Å². The van der Waals surface area contributed by atoms with Crippen molar-refractivity contribution in [2.45, 2.75) is 59.0 Å². The number of carbonyl (C=O) groups is 1. The van der Waals surface area contributed by atoms with Crippen molar-refractivity contribution in [2.75, 3.05) is 13.2 Å². The van der Waals surface area contributed by atoms with Crippen molar-refractivity contribution in [2.24, 2.45) is 0 Å². The number of carbonyl (C=O) groups excluding carboxylic acids is 1. The summed E-state index contributed by atoms with van der Waals surface area (Å²) in [7, 11) is 0. The van der Waals surface area contributed by atoms with Crippen LogP contribution in [0.15, 0.2) is 30.5 Å². The molecule has 0 saturated carbocycles. The van der Waals surface area contributed by atoms with Crippen LogP contribution in [-0.2, 0) is 23.3 Å². The van der Waals surface area contributed by atoms with Crippen molar-refractivity contribution < 1.29 is 9.53 Å². The van der Waals surface area contributed by atoms with Crippen LogP contribution in [0.5, 0.6) is 5.75 Å². The molecule has 0 aliphatic carbocycles. The Balaban J connectivity index is 1.47. The fraction of sp³-hybridized carbons (Fsp3) is 0.524. The third-order valence-corrected chi connectivity index (χ3v) is 4.75. The van der Waals surface area contributed by atoms with Gasteiger partial charge in [0.2, 0.25) is 5.91 Å². The van der Waals surface area contributed by atoms with E-state index in [4.69, 9.17) is 4.74 Å². The number of aromatic nitrogens is 2. The van der Waals surface area contributed by atoms with Gasteiger partial charge in [0.05, 0.1) is 18.3 Å². The van der Waals surface area contributed by atoms with Crippen molar-refractivity contribution in [1.29, 1.82) is 0 Å². The monoisotopic (exact) mass is 355 g/mol. The quantitative estimate of drug-likeness (QED) is 0.769. The van der Waals surface area contributed by atoms with Crippen molar-refractivity contribution in [3.8, 4) is 5.75 Å². The van der Waals surface area contributed by atoms with Crippen LogP contribution in [0, 0.1) is 6.92 Å². The summed E-state index contributed by atoms with van der Waals surface area (Å²) in [4.78, 5) is 14.5. The first-order valence-electron chi connectivity index (χ1n) is 9.38. The first kappa shape index (κ1) is 18.5. The lowest BCUT2D eigenvalue weighted by atomic mass is 10.0. The van der Waals surface area contributed by atoms with Gasteiger partial charge < -0.3 is 9.64 Å². The van der Waals surface area contributed by atoms with Gasteiger partial charge in [-0.05, 0) is 46.2 Å². The Morgan fingerprint density at radius 1 is 1.23 bits per heavy atom. The molecule has 5 nitrogen and oxygen atoms in total. The van der Waals surface area contributed by atoms with Crippen LogP contribution in [0.2, 0.25) is 0 Å². The van der Waals surface area contributed by atoms with E-state index in [0.717, 1.165) is 25.1 Å². The first-order valence-corrected chi connectivity index (χ1v) is 9.38. The topological polar surface area (TPSA) is 47.4 Å². The molecule has 0 N–H and O–H groups in total. The zero-order valence-corrected chi connectivity index (χ0v) is 16.3. The van der Waals surface area contributed by atoms with Gasteiger partial charge in [-0.1, -0.05) is 17.7 Å². The van der Waals surface area contributed by atoms with Crippen molar-refractivity contribution in [1.82, 2.24) is 14.7 Å². The van der Waals surface area contributed by atoms with Crippen LogP contribution in [0.25, 0.3) is 0 Å². The standard InChI is InChI=1S/C21H29N3O2/c1-16-7-9-18(10-8-16)26-13-5-6-20(25)23-12-11-19-17(15-23)14-22-24(19)21(2,3)4/h7-10,14H,5-6,11-13,15H2,1-4H3. The Kier molecular flexibility index (Phi) is 5.35. The van der Waals surface area contributed by atoms with E-state index in [0.29, 0.717) is 19.6 Å². The third kappa shape index (κ3) is 4.26. The molecular weight excluding hydrogens is 326 g/mol. The van der Waals surface area contributed by atoms with Gasteiger partial charge in [-0.25, -0.2) is 0 Å². The Morgan fingerprint density at radius 2 is 1.96 bits per heavy atom. The third-order valence-electron chi connectivity index (χ3n) is 4.75. The van der Waals surface area contributed by atoms with Crippen molar-refractivity contribution in [3.05, 3.63) is 47.3 Å². The molecule has 1 amide bonds. The highest BCUT2D eigenvalue weighted by Gasteiger charge is 2.27. The molecule has 2 heterocycles. The average molecular weight is 355 g/mol. The van der Waals surface area contributed by atoms with E-state index in [1.165, 1.54) is 16.8 Å². The molecule has 5 heteroatoms. The van der Waals surface area contributed by atoms with Gasteiger partial charge >= 0.3 is 0 Å². The summed E-state index contributed by atoms with van der Waals surface area (Å²) in [6.45, 7) is 10.5. The van der Waals surface area contributed by atoms with E-state index in [-0.39, 0.29) is 11.4 Å². The maximum atomic E-state index is 12.5. The highest BCUT2D eigenvalue weighted by Crippen LogP contribution is 2.24. The fourth-order valence-electron chi connectivity index (χ4n) is 3.33. The van der Waals surface area contributed by atoms with Gasteiger partial charge in [-0.15, -0.1) is 0 Å². The molecule has 1 aliphatic heterocycles. The Bertz CT molecular complexity index is 757. The van der Waals surface area contributed by atoms with Gasteiger partial charge in [0.15, 0.2) is 0 Å². The van der Waals surface area contributed by atoms with Crippen LogP contribution in [0.4, 0.5) is 0 Å². The van der Waals surface area contributed by atoms with E-state index in [1.54, 1.807) is 0 Å². The number of amides is 1. The number of nitrogens with zero attached hydrogens (tertiary/aromatic N) is 3. The van der Waals surface area contributed by atoms with Gasteiger partial charge in [-0.2, -0.15) is 5.10 Å². The highest BCUT2D eigenvalue weighted by molar-refractivity contribution is 5.76. The Labute approximate surface area is 156 Å². The molecule has 26 heavy (non-hydrogen) atoms. The second-order valence-electron chi connectivity index (χ2n) is 8.03. The fourth-order valence-corrected chi connectivity index (χ4v) is 3.33. The first-order chi connectivity index (χ1) is 12.3. The van der Waals surface area contributed by atoms with Gasteiger partial charge in [-0.3, -0.25) is 9.48 Å². The van der Waals surface area contributed by atoms with Crippen molar-refractivity contribution in [3.63, 3.8) is 0 Å². The van der Waals surface area contributed by atoms with Crippen LogP contribution in [0.3, 0.4) is 0 Å². The average Bonchev–Trinajstić information content (AvgIpc) is 3.03. The Hall–Kier alpha value is -2.30. The molecule has 2 aromatic rings. The molecule has 0 radical (unpaired) electrons. The van der Waals surface area contributed by atoms with E-state index >= 15 is 0 Å². The number of hydrogen-bond donors (Lipinski definition) is 0. The SMILES string of the molecule is Cc1ccc(OCCCC(=O)N2CCc3c(cnn3C(C)(C)C)C2)cc1. The molecule has 0 unspecified atom stereocenters. The number of rotatable bonds is 5. The van der Waals surface area contributed by atoms with Crippen LogP contribution >= 0.6 is 0 Å². The molecular formula is C21H29N3O2. The lowest BCUT2D eigenvalue weighted by molar-refractivity contribution is -0.132. The highest BCUT2D eigenvalue weighted by atomic mass is 16.5. The minimum absolute atomic E-state index is 0.0208. The summed E-state index contributed by atoms with van der Waals surface area (Å²) in [6.07, 6.45) is 4.05. The smallest absolute Gasteiger partial charge is 0.223 e. The second kappa shape index (κ2) is 7.52. The van der Waals surface area contributed by atoms with E-state index in [1.807, 2.05) is 35.4 Å². The Morgan fingerprint density at radius 3 is 2.65 bits per heavy atom. The summed E-state index contributed by atoms with van der Waals surface area (Å²) < 4.78 is 7.81.